The highest BCUT2D eigenvalue weighted by molar-refractivity contribution is 5.23. The van der Waals surface area contributed by atoms with E-state index in [4.69, 9.17) is 0 Å². The molecule has 0 radical (unpaired) electrons. The van der Waals surface area contributed by atoms with E-state index in [0.29, 0.717) is 10.8 Å². The van der Waals surface area contributed by atoms with E-state index in [-0.39, 0.29) is 0 Å². The molecule has 1 aliphatic carbocycles. The van der Waals surface area contributed by atoms with Crippen molar-refractivity contribution in [3.05, 3.63) is 11.6 Å². The highest BCUT2D eigenvalue weighted by Crippen LogP contribution is 2.56. The van der Waals surface area contributed by atoms with E-state index in [9.17, 15) is 0 Å². The second kappa shape index (κ2) is 3.62. The molecule has 0 aromatic carbocycles. The molecule has 86 valence electrons. The predicted molar refractivity (Wildman–Crippen MR) is 65.9 cm³/mol. The fourth-order valence-electron chi connectivity index (χ4n) is 3.80. The summed E-state index contributed by atoms with van der Waals surface area (Å²) in [5.41, 5.74) is 2.81. The summed E-state index contributed by atoms with van der Waals surface area (Å²) in [5, 5.41) is 0. The molecule has 0 aromatic heterocycles. The van der Waals surface area contributed by atoms with Gasteiger partial charge in [-0.15, -0.1) is 0 Å². The van der Waals surface area contributed by atoms with Crippen molar-refractivity contribution in [2.45, 2.75) is 46.5 Å². The zero-order chi connectivity index (χ0) is 11.1. The summed E-state index contributed by atoms with van der Waals surface area (Å²) in [7, 11) is 2.27. The fraction of sp³-hybridized carbons (Fsp3) is 0.857. The van der Waals surface area contributed by atoms with Gasteiger partial charge in [-0.25, -0.2) is 0 Å². The maximum Gasteiger partial charge on any atom is 0.00388 e. The molecule has 0 aromatic rings. The molecule has 1 heterocycles. The minimum atomic E-state index is 0.460. The molecule has 0 N–H and O–H groups in total. The van der Waals surface area contributed by atoms with Crippen LogP contribution in [0.2, 0.25) is 0 Å². The van der Waals surface area contributed by atoms with E-state index < -0.39 is 0 Å². The van der Waals surface area contributed by atoms with Gasteiger partial charge in [-0.3, -0.25) is 0 Å². The van der Waals surface area contributed by atoms with Crippen molar-refractivity contribution in [1.82, 2.24) is 4.90 Å². The second-order valence-electron chi connectivity index (χ2n) is 6.36. The van der Waals surface area contributed by atoms with Crippen LogP contribution in [-0.4, -0.2) is 25.0 Å². The summed E-state index contributed by atoms with van der Waals surface area (Å²) in [5.74, 6) is 0. The van der Waals surface area contributed by atoms with Gasteiger partial charge in [0, 0.05) is 6.54 Å². The lowest BCUT2D eigenvalue weighted by Gasteiger charge is -2.25. The predicted octanol–water partition coefficient (Wildman–Crippen LogP) is 3.46. The normalized spacial score (nSPS) is 38.3. The third kappa shape index (κ3) is 1.99. The van der Waals surface area contributed by atoms with Crippen LogP contribution in [0.3, 0.4) is 0 Å². The lowest BCUT2D eigenvalue weighted by molar-refractivity contribution is 0.254. The van der Waals surface area contributed by atoms with Crippen LogP contribution in [0.4, 0.5) is 0 Å². The van der Waals surface area contributed by atoms with Crippen LogP contribution in [-0.2, 0) is 0 Å². The van der Waals surface area contributed by atoms with Gasteiger partial charge in [-0.05, 0) is 50.1 Å². The third-order valence-corrected chi connectivity index (χ3v) is 4.33. The Bertz CT molecular complexity index is 277. The van der Waals surface area contributed by atoms with Crippen LogP contribution in [0.5, 0.6) is 0 Å². The molecule has 0 amide bonds. The molecule has 1 saturated heterocycles. The zero-order valence-electron chi connectivity index (χ0n) is 10.8. The Kier molecular flexibility index (Phi) is 2.70. The largest absolute Gasteiger partial charge is 0.306 e. The Morgan fingerprint density at radius 1 is 1.40 bits per heavy atom. The van der Waals surface area contributed by atoms with Gasteiger partial charge in [-0.2, -0.15) is 0 Å². The van der Waals surface area contributed by atoms with E-state index in [1.807, 2.05) is 0 Å². The van der Waals surface area contributed by atoms with Crippen molar-refractivity contribution in [3.63, 3.8) is 0 Å². The first-order valence-electron chi connectivity index (χ1n) is 6.36. The number of nitrogens with zero attached hydrogens (tertiary/aromatic N) is 1. The molecule has 1 atom stereocenters. The minimum absolute atomic E-state index is 0.460. The lowest BCUT2D eigenvalue weighted by Crippen LogP contribution is -2.23. The van der Waals surface area contributed by atoms with Crippen molar-refractivity contribution in [1.29, 1.82) is 0 Å². The standard InChI is InChI=1S/C14H25N/c1-5-6-12-9-14(10-13(12,2)3)7-8-15(4)11-14/h6H,5,7-11H2,1-4H3/b12-6-/t14-/m0/s1. The van der Waals surface area contributed by atoms with Crippen LogP contribution in [0, 0.1) is 10.8 Å². The van der Waals surface area contributed by atoms with Gasteiger partial charge in [0.15, 0.2) is 0 Å². The molecule has 2 aliphatic rings. The average molecular weight is 207 g/mol. The maximum atomic E-state index is 2.50. The van der Waals surface area contributed by atoms with Crippen molar-refractivity contribution in [3.8, 4) is 0 Å². The van der Waals surface area contributed by atoms with E-state index in [0.717, 1.165) is 0 Å². The third-order valence-electron chi connectivity index (χ3n) is 4.33. The Morgan fingerprint density at radius 2 is 2.13 bits per heavy atom. The molecule has 2 rings (SSSR count). The van der Waals surface area contributed by atoms with E-state index >= 15 is 0 Å². The summed E-state index contributed by atoms with van der Waals surface area (Å²) in [6, 6.07) is 0. The number of likely N-dealkylation sites (tertiary alicyclic amines) is 1. The van der Waals surface area contributed by atoms with Crippen LogP contribution in [0.25, 0.3) is 0 Å². The van der Waals surface area contributed by atoms with Gasteiger partial charge in [0.1, 0.15) is 0 Å². The molecular weight excluding hydrogens is 182 g/mol. The Balaban J connectivity index is 2.18. The van der Waals surface area contributed by atoms with Gasteiger partial charge < -0.3 is 4.90 Å². The van der Waals surface area contributed by atoms with Crippen LogP contribution < -0.4 is 0 Å². The van der Waals surface area contributed by atoms with E-state index in [1.54, 1.807) is 5.57 Å². The van der Waals surface area contributed by atoms with Crippen LogP contribution >= 0.6 is 0 Å². The monoisotopic (exact) mass is 207 g/mol. The van der Waals surface area contributed by atoms with E-state index in [1.165, 1.54) is 38.8 Å². The molecule has 1 nitrogen and oxygen atoms in total. The first-order valence-corrected chi connectivity index (χ1v) is 6.36. The van der Waals surface area contributed by atoms with Gasteiger partial charge in [0.25, 0.3) is 0 Å². The maximum absolute atomic E-state index is 2.50. The fourth-order valence-corrected chi connectivity index (χ4v) is 3.80. The Morgan fingerprint density at radius 3 is 2.67 bits per heavy atom. The molecule has 0 unspecified atom stereocenters. The Labute approximate surface area is 94.5 Å². The van der Waals surface area contributed by atoms with Crippen molar-refractivity contribution < 1.29 is 0 Å². The topological polar surface area (TPSA) is 3.24 Å². The van der Waals surface area contributed by atoms with Gasteiger partial charge in [-0.1, -0.05) is 32.4 Å². The quantitative estimate of drug-likeness (QED) is 0.595. The molecule has 0 bridgehead atoms. The molecule has 1 aliphatic heterocycles. The zero-order valence-corrected chi connectivity index (χ0v) is 10.8. The summed E-state index contributed by atoms with van der Waals surface area (Å²) < 4.78 is 0. The smallest absolute Gasteiger partial charge is 0.00388 e. The lowest BCUT2D eigenvalue weighted by atomic mass is 9.80. The molecular formula is C14H25N. The van der Waals surface area contributed by atoms with E-state index in [2.05, 4.69) is 38.8 Å². The highest BCUT2D eigenvalue weighted by Gasteiger charge is 2.48. The van der Waals surface area contributed by atoms with Crippen molar-refractivity contribution in [2.24, 2.45) is 10.8 Å². The van der Waals surface area contributed by atoms with Crippen molar-refractivity contribution in [2.75, 3.05) is 20.1 Å². The summed E-state index contributed by atoms with van der Waals surface area (Å²) in [4.78, 5) is 2.50. The molecule has 2 fully saturated rings. The number of hydrogen-bond donors (Lipinski definition) is 0. The van der Waals surface area contributed by atoms with Crippen molar-refractivity contribution >= 4 is 0 Å². The summed E-state index contributed by atoms with van der Waals surface area (Å²) in [6.07, 6.45) is 7.85. The van der Waals surface area contributed by atoms with Gasteiger partial charge in [0.05, 0.1) is 0 Å². The first kappa shape index (κ1) is 11.2. The second-order valence-corrected chi connectivity index (χ2v) is 6.36. The SMILES string of the molecule is CC/C=C1/C[C@@]2(CCN(C)C2)CC1(C)C. The molecule has 15 heavy (non-hydrogen) atoms. The van der Waals surface area contributed by atoms with Crippen LogP contribution in [0.1, 0.15) is 46.5 Å². The molecule has 1 saturated carbocycles. The Hall–Kier alpha value is -0.300. The summed E-state index contributed by atoms with van der Waals surface area (Å²) in [6.45, 7) is 9.74. The van der Waals surface area contributed by atoms with Gasteiger partial charge >= 0.3 is 0 Å². The minimum Gasteiger partial charge on any atom is -0.306 e. The number of hydrogen-bond acceptors (Lipinski definition) is 1. The van der Waals surface area contributed by atoms with Gasteiger partial charge in [0.2, 0.25) is 0 Å². The first-order chi connectivity index (χ1) is 6.97. The average Bonchev–Trinajstić information content (AvgIpc) is 2.56. The number of rotatable bonds is 1. The number of allylic oxidation sites excluding steroid dienone is 2. The molecule has 1 heteroatoms. The van der Waals surface area contributed by atoms with Crippen LogP contribution in [0.15, 0.2) is 11.6 Å². The highest BCUT2D eigenvalue weighted by atomic mass is 15.1. The molecule has 1 spiro atoms. The summed E-state index contributed by atoms with van der Waals surface area (Å²) >= 11 is 0.